The molecular formula is C65H129NO11S. The molecule has 0 aromatic carbocycles. The number of aliphatic hydroxyl groups excluding tert-OH is 4. The van der Waals surface area contributed by atoms with Gasteiger partial charge in [-0.3, -0.25) is 9.35 Å². The number of hydrogen-bond acceptors (Lipinski definition) is 10. The first-order chi connectivity index (χ1) is 38.0. The lowest BCUT2D eigenvalue weighted by atomic mass is 9.99. The quantitative estimate of drug-likeness (QED) is 0.0251. The molecule has 12 nitrogen and oxygen atoms in total. The van der Waals surface area contributed by atoms with E-state index in [9.17, 15) is 38.2 Å². The highest BCUT2D eigenvalue weighted by Gasteiger charge is 2.48. The van der Waals surface area contributed by atoms with Crippen molar-refractivity contribution in [2.75, 3.05) is 13.2 Å². The molecule has 0 bridgehead atoms. The number of rotatable bonds is 61. The van der Waals surface area contributed by atoms with E-state index in [0.29, 0.717) is 12.8 Å². The summed E-state index contributed by atoms with van der Waals surface area (Å²) in [6, 6.07) is -0.855. The van der Waals surface area contributed by atoms with Crippen molar-refractivity contribution in [1.29, 1.82) is 0 Å². The maximum atomic E-state index is 13.2. The highest BCUT2D eigenvalue weighted by Crippen LogP contribution is 2.27. The first-order valence-corrected chi connectivity index (χ1v) is 35.3. The molecule has 0 saturated carbocycles. The Morgan fingerprint density at radius 1 is 0.462 bits per heavy atom. The fourth-order valence-electron chi connectivity index (χ4n) is 11.5. The summed E-state index contributed by atoms with van der Waals surface area (Å²) in [6.07, 6.45) is 58.4. The molecule has 466 valence electrons. The van der Waals surface area contributed by atoms with E-state index in [1.807, 2.05) is 0 Å². The summed E-state index contributed by atoms with van der Waals surface area (Å²) in [5.41, 5.74) is 0. The third-order valence-corrected chi connectivity index (χ3v) is 17.1. The van der Waals surface area contributed by atoms with Gasteiger partial charge >= 0.3 is 10.4 Å². The summed E-state index contributed by atoms with van der Waals surface area (Å²) in [7, 11) is -5.08. The van der Waals surface area contributed by atoms with Crippen LogP contribution in [0.4, 0.5) is 0 Å². The van der Waals surface area contributed by atoms with Crippen molar-refractivity contribution >= 4 is 16.3 Å². The van der Waals surface area contributed by atoms with Gasteiger partial charge in [0.05, 0.1) is 25.4 Å². The number of carbonyl (C=O) groups is 1. The van der Waals surface area contributed by atoms with Crippen molar-refractivity contribution in [1.82, 2.24) is 5.32 Å². The van der Waals surface area contributed by atoms with Crippen LogP contribution in [0.3, 0.4) is 0 Å². The van der Waals surface area contributed by atoms with Crippen LogP contribution in [0, 0.1) is 0 Å². The zero-order chi connectivity index (χ0) is 56.8. The highest BCUT2D eigenvalue weighted by molar-refractivity contribution is 7.80. The van der Waals surface area contributed by atoms with Gasteiger partial charge in [0.15, 0.2) is 6.29 Å². The van der Waals surface area contributed by atoms with Crippen molar-refractivity contribution in [2.45, 2.75) is 397 Å². The van der Waals surface area contributed by atoms with Crippen molar-refractivity contribution in [2.24, 2.45) is 0 Å². The molecule has 1 rings (SSSR count). The second-order valence-electron chi connectivity index (χ2n) is 24.1. The first kappa shape index (κ1) is 75.1. The largest absolute Gasteiger partial charge is 0.397 e. The van der Waals surface area contributed by atoms with Gasteiger partial charge < -0.3 is 35.2 Å². The number of hydrogen-bond donors (Lipinski definition) is 6. The third kappa shape index (κ3) is 46.6. The maximum Gasteiger partial charge on any atom is 0.397 e. The molecular weight excluding hydrogens is 1000 g/mol. The summed E-state index contributed by atoms with van der Waals surface area (Å²) in [5, 5.41) is 45.3. The van der Waals surface area contributed by atoms with Gasteiger partial charge in [-0.25, -0.2) is 4.18 Å². The second-order valence-corrected chi connectivity index (χ2v) is 25.2. The lowest BCUT2D eigenvalue weighted by Gasteiger charge is -2.41. The number of amides is 1. The number of carbonyl (C=O) groups excluding carboxylic acids is 1. The Morgan fingerprint density at radius 3 is 1.03 bits per heavy atom. The molecule has 0 aliphatic carbocycles. The van der Waals surface area contributed by atoms with Gasteiger partial charge in [0.25, 0.3) is 0 Å². The average Bonchev–Trinajstić information content (AvgIpc) is 3.45. The van der Waals surface area contributed by atoms with Gasteiger partial charge in [-0.05, 0) is 12.8 Å². The van der Waals surface area contributed by atoms with Gasteiger partial charge in [-0.15, -0.1) is 0 Å². The molecule has 0 radical (unpaired) electrons. The monoisotopic (exact) mass is 1130 g/mol. The number of ether oxygens (including phenoxy) is 2. The van der Waals surface area contributed by atoms with Crippen molar-refractivity contribution in [3.63, 3.8) is 0 Å². The van der Waals surface area contributed by atoms with Crippen molar-refractivity contribution in [3.05, 3.63) is 0 Å². The van der Waals surface area contributed by atoms with Gasteiger partial charge in [-0.1, -0.05) is 335 Å². The number of unbranched alkanes of at least 4 members (excludes halogenated alkanes) is 49. The van der Waals surface area contributed by atoms with Crippen LogP contribution in [-0.4, -0.2) is 95.4 Å². The molecule has 0 spiro atoms. The number of nitrogens with one attached hydrogen (secondary N) is 1. The van der Waals surface area contributed by atoms with Crippen LogP contribution in [-0.2, 0) is 28.9 Å². The molecule has 0 aromatic rings. The molecule has 1 amide bonds. The normalized spacial score (nSPS) is 18.7. The molecule has 13 heteroatoms. The summed E-state index contributed by atoms with van der Waals surface area (Å²) >= 11 is 0. The Bertz CT molecular complexity index is 1380. The van der Waals surface area contributed by atoms with Crippen LogP contribution in [0.25, 0.3) is 0 Å². The minimum atomic E-state index is -5.08. The summed E-state index contributed by atoms with van der Waals surface area (Å²) in [6.45, 7) is 3.53. The predicted octanol–water partition coefficient (Wildman–Crippen LogP) is 17.2. The molecule has 1 fully saturated rings. The van der Waals surface area contributed by atoms with Crippen LogP contribution in [0.15, 0.2) is 0 Å². The Kier molecular flexibility index (Phi) is 53.3. The minimum absolute atomic E-state index is 0.219. The zero-order valence-electron chi connectivity index (χ0n) is 51.0. The van der Waals surface area contributed by atoms with E-state index >= 15 is 0 Å². The Balaban J connectivity index is 2.25. The fourth-order valence-corrected chi connectivity index (χ4v) is 12.0. The van der Waals surface area contributed by atoms with Crippen molar-refractivity contribution < 1.29 is 51.8 Å². The molecule has 1 aliphatic rings. The molecule has 78 heavy (non-hydrogen) atoms. The molecule has 1 heterocycles. The van der Waals surface area contributed by atoms with Gasteiger partial charge in [0, 0.05) is 6.42 Å². The second kappa shape index (κ2) is 55.3. The van der Waals surface area contributed by atoms with Gasteiger partial charge in [-0.2, -0.15) is 8.42 Å². The van der Waals surface area contributed by atoms with Crippen LogP contribution < -0.4 is 5.32 Å². The van der Waals surface area contributed by atoms with Crippen LogP contribution in [0.1, 0.15) is 354 Å². The Labute approximate surface area is 481 Å². The van der Waals surface area contributed by atoms with Crippen LogP contribution >= 0.6 is 0 Å². The SMILES string of the molecule is CCCCCCCCCCCCCCCCCCCCCCCCCCCCCC(=O)NC(COC1OC(CO)C(O)C(OS(=O)(=O)O)C1O)C(O)CCCCCCCCCCCCCCCCCCCCCCCCCC. The number of aliphatic hydroxyl groups is 4. The van der Waals surface area contributed by atoms with E-state index in [4.69, 9.17) is 9.47 Å². The molecule has 7 unspecified atom stereocenters. The standard InChI is InChI=1S/C65H129NO11S/c1-3-5-7-9-11-13-15-17-19-21-23-25-27-29-30-31-33-35-37-39-41-43-45-47-49-51-53-55-61(69)66-58(57-75-65-63(71)64(77-78(72,73)74)62(70)60(56-67)76-65)59(68)54-52-50-48-46-44-42-40-38-36-34-32-28-26-24-22-20-18-16-14-12-10-8-6-4-2/h58-60,62-65,67-68,70-71H,3-57H2,1-2H3,(H,66,69)(H,72,73,74). The summed E-state index contributed by atoms with van der Waals surface area (Å²) in [5.74, 6) is -0.219. The molecule has 7 atom stereocenters. The van der Waals surface area contributed by atoms with E-state index in [0.717, 1.165) is 51.4 Å². The first-order valence-electron chi connectivity index (χ1n) is 33.9. The van der Waals surface area contributed by atoms with E-state index < -0.39 is 59.9 Å². The average molecular weight is 1130 g/mol. The van der Waals surface area contributed by atoms with E-state index in [1.54, 1.807) is 0 Å². The molecule has 1 aliphatic heterocycles. The molecule has 6 N–H and O–H groups in total. The predicted molar refractivity (Wildman–Crippen MR) is 324 cm³/mol. The Morgan fingerprint density at radius 2 is 0.744 bits per heavy atom. The van der Waals surface area contributed by atoms with Gasteiger partial charge in [0.1, 0.15) is 24.4 Å². The summed E-state index contributed by atoms with van der Waals surface area (Å²) in [4.78, 5) is 13.2. The van der Waals surface area contributed by atoms with Gasteiger partial charge in [0.2, 0.25) is 5.91 Å². The summed E-state index contributed by atoms with van der Waals surface area (Å²) < 4.78 is 48.1. The van der Waals surface area contributed by atoms with E-state index in [1.165, 1.54) is 276 Å². The van der Waals surface area contributed by atoms with E-state index in [2.05, 4.69) is 23.3 Å². The van der Waals surface area contributed by atoms with Crippen molar-refractivity contribution in [3.8, 4) is 0 Å². The molecule has 0 aromatic heterocycles. The van der Waals surface area contributed by atoms with Crippen LogP contribution in [0.2, 0.25) is 0 Å². The highest BCUT2D eigenvalue weighted by atomic mass is 32.3. The zero-order valence-corrected chi connectivity index (χ0v) is 51.8. The third-order valence-electron chi connectivity index (χ3n) is 16.7. The smallest absolute Gasteiger partial charge is 0.394 e. The van der Waals surface area contributed by atoms with Crippen LogP contribution in [0.5, 0.6) is 0 Å². The lowest BCUT2D eigenvalue weighted by molar-refractivity contribution is -0.298. The minimum Gasteiger partial charge on any atom is -0.394 e. The fraction of sp³-hybridized carbons (Fsp3) is 0.985. The Hall–Kier alpha value is -0.900. The topological polar surface area (TPSA) is 192 Å². The van der Waals surface area contributed by atoms with E-state index in [-0.39, 0.29) is 12.5 Å². The molecule has 1 saturated heterocycles. The maximum absolute atomic E-state index is 13.2. The lowest BCUT2D eigenvalue weighted by Crippen LogP contribution is -2.61.